The van der Waals surface area contributed by atoms with Gasteiger partial charge < -0.3 is 26.2 Å². The van der Waals surface area contributed by atoms with E-state index in [1.807, 2.05) is 70.1 Å². The van der Waals surface area contributed by atoms with Gasteiger partial charge in [-0.15, -0.1) is 24.8 Å². The molecule has 8 nitrogen and oxygen atoms in total. The van der Waals surface area contributed by atoms with Gasteiger partial charge >= 0.3 is 6.03 Å². The molecular weight excluding hydrogens is 539 g/mol. The monoisotopic (exact) mass is 586 g/mol. The van der Waals surface area contributed by atoms with Crippen LogP contribution < -0.4 is 21.3 Å². The molecule has 10 heteroatoms. The van der Waals surface area contributed by atoms with Gasteiger partial charge in [-0.2, -0.15) is 0 Å². The first-order chi connectivity index (χ1) is 17.3. The summed E-state index contributed by atoms with van der Waals surface area (Å²) in [5.41, 5.74) is 10.7. The Morgan fingerprint density at radius 2 is 1.54 bits per heavy atom. The van der Waals surface area contributed by atoms with Crippen LogP contribution >= 0.6 is 24.8 Å². The largest absolute Gasteiger partial charge is 0.378 e. The van der Waals surface area contributed by atoms with Crippen LogP contribution in [0, 0.1) is 11.3 Å². The Kier molecular flexibility index (Phi) is 12.3. The number of amides is 2. The number of primary amides is 1. The van der Waals surface area contributed by atoms with Crippen LogP contribution in [0.5, 0.6) is 0 Å². The Bertz CT molecular complexity index is 1000. The summed E-state index contributed by atoms with van der Waals surface area (Å²) in [6.07, 6.45) is 7.13. The zero-order valence-corrected chi connectivity index (χ0v) is 25.9. The van der Waals surface area contributed by atoms with Crippen LogP contribution in [0.4, 0.5) is 16.2 Å². The summed E-state index contributed by atoms with van der Waals surface area (Å²) in [6, 6.07) is 6.98. The van der Waals surface area contributed by atoms with E-state index in [0.717, 1.165) is 44.2 Å². The number of hydrogen-bond acceptors (Lipinski definition) is 6. The summed E-state index contributed by atoms with van der Waals surface area (Å²) in [6.45, 7) is 5.58. The van der Waals surface area contributed by atoms with E-state index in [-0.39, 0.29) is 43.7 Å². The summed E-state index contributed by atoms with van der Waals surface area (Å²) >= 11 is 0. The molecule has 3 atom stereocenters. The summed E-state index contributed by atoms with van der Waals surface area (Å²) in [4.78, 5) is 30.4. The van der Waals surface area contributed by atoms with Gasteiger partial charge in [-0.3, -0.25) is 9.69 Å². The number of anilines is 2. The lowest BCUT2D eigenvalue weighted by atomic mass is 9.58. The molecule has 0 spiro atoms. The molecule has 0 aliphatic heterocycles. The zero-order valence-electron chi connectivity index (χ0n) is 24.2. The Morgan fingerprint density at radius 1 is 1.03 bits per heavy atom. The number of carbonyl (C=O) groups excluding carboxylic acids is 2. The number of benzene rings is 1. The fraction of sp³-hybridized carbons (Fsp3) is 0.655. The van der Waals surface area contributed by atoms with Crippen LogP contribution in [0.3, 0.4) is 0 Å². The molecular formula is C29H48Cl2N4O4. The molecule has 0 heterocycles. The van der Waals surface area contributed by atoms with Crippen LogP contribution in [-0.4, -0.2) is 61.9 Å². The van der Waals surface area contributed by atoms with Gasteiger partial charge in [0, 0.05) is 39.0 Å². The highest BCUT2D eigenvalue weighted by Crippen LogP contribution is 2.53. The van der Waals surface area contributed by atoms with E-state index < -0.39 is 34.5 Å². The smallest absolute Gasteiger partial charge is 0.319 e. The second-order valence-corrected chi connectivity index (χ2v) is 11.9. The molecule has 0 radical (unpaired) electrons. The molecule has 39 heavy (non-hydrogen) atoms. The average molecular weight is 588 g/mol. The van der Waals surface area contributed by atoms with Gasteiger partial charge in [-0.25, -0.2) is 4.79 Å². The van der Waals surface area contributed by atoms with Gasteiger partial charge in [-0.05, 0) is 54.0 Å². The maximum Gasteiger partial charge on any atom is 0.319 e. The van der Waals surface area contributed by atoms with E-state index in [2.05, 4.69) is 0 Å². The van der Waals surface area contributed by atoms with Gasteiger partial charge in [0.25, 0.3) is 0 Å². The first-order valence-electron chi connectivity index (χ1n) is 13.4. The van der Waals surface area contributed by atoms with Crippen LogP contribution in [0.1, 0.15) is 65.7 Å². The van der Waals surface area contributed by atoms with Gasteiger partial charge in [0.2, 0.25) is 0 Å². The quantitative estimate of drug-likeness (QED) is 0.310. The second-order valence-electron chi connectivity index (χ2n) is 11.9. The molecule has 0 saturated heterocycles. The molecule has 1 saturated carbocycles. The third-order valence-corrected chi connectivity index (χ3v) is 8.33. The Balaban J connectivity index is 0.00000380. The number of carbonyl (C=O) groups is 2. The molecule has 2 aliphatic carbocycles. The summed E-state index contributed by atoms with van der Waals surface area (Å²) in [5.74, 6) is -0.510. The molecule has 1 aromatic carbocycles. The molecule has 0 bridgehead atoms. The predicted octanol–water partition coefficient (Wildman–Crippen LogP) is 4.84. The van der Waals surface area contributed by atoms with Crippen molar-refractivity contribution in [3.05, 3.63) is 35.9 Å². The number of Topliss-reactive ketones (excluding diaryl/α,β-unsaturated/α-hetero) is 1. The SMILES string of the molecule is COC1C=C(C(C)(C)C)C(O)(C(=O)CN)CC1(C1CCCCCC1)N(C(N)=O)c1ccc(N(C)C)cc1.Cl.Cl. The van der Waals surface area contributed by atoms with Gasteiger partial charge in [0.15, 0.2) is 5.78 Å². The minimum absolute atomic E-state index is 0. The van der Waals surface area contributed by atoms with E-state index in [4.69, 9.17) is 16.2 Å². The van der Waals surface area contributed by atoms with Gasteiger partial charge in [0.1, 0.15) is 5.60 Å². The number of hydrogen-bond donors (Lipinski definition) is 3. The fourth-order valence-electron chi connectivity index (χ4n) is 6.62. The lowest BCUT2D eigenvalue weighted by Gasteiger charge is -2.57. The van der Waals surface area contributed by atoms with Gasteiger partial charge in [-0.1, -0.05) is 52.5 Å². The average Bonchev–Trinajstić information content (AvgIpc) is 3.13. The highest BCUT2D eigenvalue weighted by atomic mass is 35.5. The van der Waals surface area contributed by atoms with Crippen molar-refractivity contribution in [1.82, 2.24) is 0 Å². The van der Waals surface area contributed by atoms with Crippen LogP contribution in [0.25, 0.3) is 0 Å². The number of ketones is 1. The number of nitrogens with zero attached hydrogens (tertiary/aromatic N) is 2. The normalized spacial score (nSPS) is 25.8. The van der Waals surface area contributed by atoms with Crippen molar-refractivity contribution >= 4 is 48.0 Å². The highest BCUT2D eigenvalue weighted by molar-refractivity contribution is 5.96. The van der Waals surface area contributed by atoms with E-state index in [0.29, 0.717) is 11.3 Å². The van der Waals surface area contributed by atoms with Crippen LogP contribution in [0.2, 0.25) is 0 Å². The number of ether oxygens (including phenoxy) is 1. The number of aliphatic hydroxyl groups is 1. The highest BCUT2D eigenvalue weighted by Gasteiger charge is 2.61. The van der Waals surface area contributed by atoms with E-state index in [1.54, 1.807) is 12.0 Å². The van der Waals surface area contributed by atoms with Crippen LogP contribution in [0.15, 0.2) is 35.9 Å². The molecule has 0 aromatic heterocycles. The summed E-state index contributed by atoms with van der Waals surface area (Å²) in [7, 11) is 5.52. The molecule has 1 aromatic rings. The number of rotatable bonds is 7. The fourth-order valence-corrected chi connectivity index (χ4v) is 6.62. The molecule has 3 rings (SSSR count). The zero-order chi connectivity index (χ0) is 27.6. The van der Waals surface area contributed by atoms with Crippen molar-refractivity contribution in [3.8, 4) is 0 Å². The third kappa shape index (κ3) is 6.73. The first-order valence-corrected chi connectivity index (χ1v) is 13.4. The minimum Gasteiger partial charge on any atom is -0.378 e. The summed E-state index contributed by atoms with van der Waals surface area (Å²) in [5, 5.41) is 12.2. The van der Waals surface area contributed by atoms with Crippen LogP contribution in [-0.2, 0) is 9.53 Å². The van der Waals surface area contributed by atoms with E-state index >= 15 is 0 Å². The molecule has 3 unspecified atom stereocenters. The Hall–Kier alpha value is -1.84. The molecule has 5 N–H and O–H groups in total. The predicted molar refractivity (Wildman–Crippen MR) is 163 cm³/mol. The standard InChI is InChI=1S/C29H46N4O4.2ClH/c1-27(2,3)23-17-25(37-6)28(19-29(23,36)24(34)18-30,20-11-9-7-8-10-12-20)33(26(31)35)22-15-13-21(14-16-22)32(4)5;;/h13-17,20,25,36H,7-12,18-19,30H2,1-6H3,(H2,31,35);2*1H. The van der Waals surface area contributed by atoms with Crippen molar-refractivity contribution in [2.24, 2.45) is 22.8 Å². The lowest BCUT2D eigenvalue weighted by Crippen LogP contribution is -2.71. The summed E-state index contributed by atoms with van der Waals surface area (Å²) < 4.78 is 6.16. The Morgan fingerprint density at radius 3 is 1.95 bits per heavy atom. The number of urea groups is 1. The number of halogens is 2. The van der Waals surface area contributed by atoms with Gasteiger partial charge in [0.05, 0.1) is 18.2 Å². The molecule has 2 aliphatic rings. The van der Waals surface area contributed by atoms with Crippen molar-refractivity contribution < 1.29 is 19.4 Å². The molecule has 222 valence electrons. The topological polar surface area (TPSA) is 122 Å². The maximum atomic E-state index is 13.4. The maximum absolute atomic E-state index is 13.4. The molecule has 2 amide bonds. The van der Waals surface area contributed by atoms with E-state index in [9.17, 15) is 14.7 Å². The van der Waals surface area contributed by atoms with Crippen molar-refractivity contribution in [2.45, 2.75) is 83.0 Å². The van der Waals surface area contributed by atoms with Crippen molar-refractivity contribution in [1.29, 1.82) is 0 Å². The molecule has 1 fully saturated rings. The Labute approximate surface area is 246 Å². The van der Waals surface area contributed by atoms with Crippen molar-refractivity contribution in [3.63, 3.8) is 0 Å². The number of nitrogens with two attached hydrogens (primary N) is 2. The second kappa shape index (κ2) is 13.7. The minimum atomic E-state index is -1.86. The number of methoxy groups -OCH3 is 1. The lowest BCUT2D eigenvalue weighted by molar-refractivity contribution is -0.139. The van der Waals surface area contributed by atoms with Crippen molar-refractivity contribution in [2.75, 3.05) is 37.5 Å². The third-order valence-electron chi connectivity index (χ3n) is 8.33. The van der Waals surface area contributed by atoms with E-state index in [1.165, 1.54) is 0 Å². The first kappa shape index (κ1) is 35.2.